The van der Waals surface area contributed by atoms with Crippen molar-refractivity contribution >= 4 is 11.5 Å². The fourth-order valence-corrected chi connectivity index (χ4v) is 1.90. The first-order valence-corrected chi connectivity index (χ1v) is 5.68. The first-order valence-electron chi connectivity index (χ1n) is 5.68. The average Bonchev–Trinajstić information content (AvgIpc) is 2.24. The molecule has 0 aromatic carbocycles. The van der Waals surface area contributed by atoms with Crippen LogP contribution in [0, 0.1) is 6.92 Å². The molecule has 1 aliphatic rings. The van der Waals surface area contributed by atoms with Gasteiger partial charge in [-0.3, -0.25) is 0 Å². The summed E-state index contributed by atoms with van der Waals surface area (Å²) in [5.41, 5.74) is 7.45. The van der Waals surface area contributed by atoms with E-state index < -0.39 is 0 Å². The van der Waals surface area contributed by atoms with Crippen molar-refractivity contribution in [2.24, 2.45) is 0 Å². The molecule has 0 radical (unpaired) electrons. The van der Waals surface area contributed by atoms with Gasteiger partial charge in [0, 0.05) is 18.8 Å². The molecule has 0 atom stereocenters. The summed E-state index contributed by atoms with van der Waals surface area (Å²) in [6.45, 7) is 5.77. The Bertz CT molecular complexity index is 373. The lowest BCUT2D eigenvalue weighted by molar-refractivity contribution is 0.0657. The van der Waals surface area contributed by atoms with E-state index in [-0.39, 0.29) is 5.54 Å². The zero-order chi connectivity index (χ0) is 11.6. The lowest BCUT2D eigenvalue weighted by Gasteiger charge is -2.35. The minimum absolute atomic E-state index is 0.0911. The van der Waals surface area contributed by atoms with Crippen LogP contribution in [-0.2, 0) is 4.74 Å². The number of aromatic nitrogens is 1. The highest BCUT2D eigenvalue weighted by molar-refractivity contribution is 5.50. The molecule has 1 fully saturated rings. The molecule has 3 N–H and O–H groups in total. The largest absolute Gasteiger partial charge is 0.397 e. The van der Waals surface area contributed by atoms with Gasteiger partial charge in [-0.25, -0.2) is 4.98 Å². The van der Waals surface area contributed by atoms with Gasteiger partial charge in [0.2, 0.25) is 0 Å². The summed E-state index contributed by atoms with van der Waals surface area (Å²) in [4.78, 5) is 4.44. The van der Waals surface area contributed by atoms with Crippen LogP contribution in [-0.4, -0.2) is 23.7 Å². The van der Waals surface area contributed by atoms with E-state index in [2.05, 4.69) is 17.2 Å². The van der Waals surface area contributed by atoms with E-state index in [1.807, 2.05) is 19.1 Å². The van der Waals surface area contributed by atoms with Crippen LogP contribution in [0.2, 0.25) is 0 Å². The van der Waals surface area contributed by atoms with E-state index in [1.165, 1.54) is 0 Å². The molecule has 1 aromatic rings. The molecule has 4 nitrogen and oxygen atoms in total. The maximum atomic E-state index is 5.74. The summed E-state index contributed by atoms with van der Waals surface area (Å²) in [7, 11) is 0. The van der Waals surface area contributed by atoms with E-state index in [0.717, 1.165) is 43.3 Å². The smallest absolute Gasteiger partial charge is 0.126 e. The standard InChI is InChI=1S/C12H19N3O/c1-9-10(13)3-4-11(14-9)15-12(2)5-7-16-8-6-12/h3-4H,5-8,13H2,1-2H3,(H,14,15). The number of nitrogens with one attached hydrogen (secondary N) is 1. The molecule has 0 aliphatic carbocycles. The van der Waals surface area contributed by atoms with Gasteiger partial charge in [-0.1, -0.05) is 0 Å². The van der Waals surface area contributed by atoms with Crippen LogP contribution in [0.1, 0.15) is 25.5 Å². The molecule has 0 amide bonds. The highest BCUT2D eigenvalue weighted by Crippen LogP contribution is 2.25. The lowest BCUT2D eigenvalue weighted by atomic mass is 9.92. The van der Waals surface area contributed by atoms with Crippen molar-refractivity contribution in [1.82, 2.24) is 4.98 Å². The molecule has 0 saturated carbocycles. The van der Waals surface area contributed by atoms with Crippen molar-refractivity contribution in [2.75, 3.05) is 24.3 Å². The molecule has 1 saturated heterocycles. The number of ether oxygens (including phenoxy) is 1. The SMILES string of the molecule is Cc1nc(NC2(C)CCOCC2)ccc1N. The third-order valence-electron chi connectivity index (χ3n) is 3.15. The summed E-state index contributed by atoms with van der Waals surface area (Å²) in [5, 5.41) is 3.48. The third-order valence-corrected chi connectivity index (χ3v) is 3.15. The number of pyridine rings is 1. The second kappa shape index (κ2) is 4.29. The Morgan fingerprint density at radius 2 is 2.06 bits per heavy atom. The molecule has 16 heavy (non-hydrogen) atoms. The van der Waals surface area contributed by atoms with Gasteiger partial charge < -0.3 is 15.8 Å². The summed E-state index contributed by atoms with van der Waals surface area (Å²) in [6, 6.07) is 3.83. The highest BCUT2D eigenvalue weighted by atomic mass is 16.5. The Kier molecular flexibility index (Phi) is 3.01. The van der Waals surface area contributed by atoms with E-state index >= 15 is 0 Å². The molecule has 0 bridgehead atoms. The summed E-state index contributed by atoms with van der Waals surface area (Å²) >= 11 is 0. The monoisotopic (exact) mass is 221 g/mol. The molecule has 1 aliphatic heterocycles. The van der Waals surface area contributed by atoms with Gasteiger partial charge in [-0.05, 0) is 38.8 Å². The highest BCUT2D eigenvalue weighted by Gasteiger charge is 2.27. The molecular weight excluding hydrogens is 202 g/mol. The molecule has 0 spiro atoms. The van der Waals surface area contributed by atoms with Gasteiger partial charge in [0.15, 0.2) is 0 Å². The topological polar surface area (TPSA) is 60.2 Å². The Balaban J connectivity index is 2.10. The Morgan fingerprint density at radius 1 is 1.38 bits per heavy atom. The predicted molar refractivity (Wildman–Crippen MR) is 65.5 cm³/mol. The van der Waals surface area contributed by atoms with Crippen molar-refractivity contribution in [2.45, 2.75) is 32.2 Å². The zero-order valence-electron chi connectivity index (χ0n) is 9.92. The molecule has 4 heteroatoms. The number of anilines is 2. The van der Waals surface area contributed by atoms with Gasteiger partial charge in [-0.15, -0.1) is 0 Å². The molecular formula is C12H19N3O. The second-order valence-electron chi connectivity index (χ2n) is 4.67. The maximum absolute atomic E-state index is 5.74. The fraction of sp³-hybridized carbons (Fsp3) is 0.583. The molecule has 0 unspecified atom stereocenters. The van der Waals surface area contributed by atoms with Crippen molar-refractivity contribution in [3.8, 4) is 0 Å². The molecule has 2 heterocycles. The van der Waals surface area contributed by atoms with Crippen molar-refractivity contribution in [3.05, 3.63) is 17.8 Å². The van der Waals surface area contributed by atoms with E-state index in [0.29, 0.717) is 0 Å². The van der Waals surface area contributed by atoms with Crippen LogP contribution in [0.3, 0.4) is 0 Å². The van der Waals surface area contributed by atoms with Gasteiger partial charge in [0.05, 0.1) is 11.4 Å². The van der Waals surface area contributed by atoms with Gasteiger partial charge in [0.1, 0.15) is 5.82 Å². The van der Waals surface area contributed by atoms with Crippen LogP contribution in [0.15, 0.2) is 12.1 Å². The number of hydrogen-bond donors (Lipinski definition) is 2. The minimum Gasteiger partial charge on any atom is -0.397 e. The maximum Gasteiger partial charge on any atom is 0.126 e. The van der Waals surface area contributed by atoms with Crippen molar-refractivity contribution < 1.29 is 4.74 Å². The molecule has 88 valence electrons. The number of hydrogen-bond acceptors (Lipinski definition) is 4. The molecule has 1 aromatic heterocycles. The fourth-order valence-electron chi connectivity index (χ4n) is 1.90. The van der Waals surface area contributed by atoms with Crippen LogP contribution >= 0.6 is 0 Å². The number of nitrogens with zero attached hydrogens (tertiary/aromatic N) is 1. The first kappa shape index (κ1) is 11.2. The number of nitrogens with two attached hydrogens (primary N) is 1. The summed E-state index contributed by atoms with van der Waals surface area (Å²) in [5.74, 6) is 0.899. The lowest BCUT2D eigenvalue weighted by Crippen LogP contribution is -2.40. The van der Waals surface area contributed by atoms with Gasteiger partial charge in [-0.2, -0.15) is 0 Å². The van der Waals surface area contributed by atoms with Crippen LogP contribution in [0.4, 0.5) is 11.5 Å². The first-order chi connectivity index (χ1) is 7.59. The number of rotatable bonds is 2. The normalized spacial score (nSPS) is 19.4. The average molecular weight is 221 g/mol. The van der Waals surface area contributed by atoms with E-state index in [4.69, 9.17) is 10.5 Å². The Hall–Kier alpha value is -1.29. The van der Waals surface area contributed by atoms with Crippen LogP contribution in [0.25, 0.3) is 0 Å². The molecule has 2 rings (SSSR count). The Labute approximate surface area is 96.2 Å². The summed E-state index contributed by atoms with van der Waals surface area (Å²) in [6.07, 6.45) is 2.02. The number of nitrogen functional groups attached to an aromatic ring is 1. The van der Waals surface area contributed by atoms with Crippen LogP contribution < -0.4 is 11.1 Å². The van der Waals surface area contributed by atoms with Gasteiger partial charge in [0.25, 0.3) is 0 Å². The van der Waals surface area contributed by atoms with E-state index in [1.54, 1.807) is 0 Å². The quantitative estimate of drug-likeness (QED) is 0.801. The van der Waals surface area contributed by atoms with Crippen molar-refractivity contribution in [3.63, 3.8) is 0 Å². The Morgan fingerprint density at radius 3 is 2.69 bits per heavy atom. The van der Waals surface area contributed by atoms with E-state index in [9.17, 15) is 0 Å². The second-order valence-corrected chi connectivity index (χ2v) is 4.67. The van der Waals surface area contributed by atoms with Crippen LogP contribution in [0.5, 0.6) is 0 Å². The third kappa shape index (κ3) is 2.44. The summed E-state index contributed by atoms with van der Waals surface area (Å²) < 4.78 is 5.37. The zero-order valence-corrected chi connectivity index (χ0v) is 9.92. The number of aryl methyl sites for hydroxylation is 1. The van der Waals surface area contributed by atoms with Crippen molar-refractivity contribution in [1.29, 1.82) is 0 Å². The predicted octanol–water partition coefficient (Wildman–Crippen LogP) is 1.95. The van der Waals surface area contributed by atoms with Gasteiger partial charge >= 0.3 is 0 Å². The minimum atomic E-state index is 0.0911.